The van der Waals surface area contributed by atoms with Crippen LogP contribution in [-0.2, 0) is 6.61 Å². The summed E-state index contributed by atoms with van der Waals surface area (Å²) >= 11 is 0. The molecule has 5 heteroatoms. The van der Waals surface area contributed by atoms with Gasteiger partial charge in [0.05, 0.1) is 0 Å². The maximum Gasteiger partial charge on any atom is 0.199 e. The second-order valence-electron chi connectivity index (χ2n) is 6.25. The van der Waals surface area contributed by atoms with E-state index in [1.165, 1.54) is 0 Å². The van der Waals surface area contributed by atoms with E-state index in [9.17, 15) is 0 Å². The van der Waals surface area contributed by atoms with Crippen LogP contribution in [0.5, 0.6) is 5.75 Å². The van der Waals surface area contributed by atoms with Crippen LogP contribution in [0.15, 0.2) is 84.9 Å². The predicted octanol–water partition coefficient (Wildman–Crippen LogP) is 4.06. The van der Waals surface area contributed by atoms with E-state index in [1.54, 1.807) is 0 Å². The van der Waals surface area contributed by atoms with Gasteiger partial charge in [0.2, 0.25) is 0 Å². The van der Waals surface area contributed by atoms with Gasteiger partial charge in [0, 0.05) is 25.3 Å². The second kappa shape index (κ2) is 12.4. The van der Waals surface area contributed by atoms with Crippen LogP contribution in [0.1, 0.15) is 12.0 Å². The molecule has 0 bridgehead atoms. The summed E-state index contributed by atoms with van der Waals surface area (Å²) in [4.78, 5) is 6.75. The van der Waals surface area contributed by atoms with Crippen molar-refractivity contribution in [1.82, 2.24) is 4.90 Å². The number of hydrogen-bond acceptors (Lipinski definition) is 3. The molecule has 0 atom stereocenters. The average Bonchev–Trinajstić information content (AvgIpc) is 2.73. The van der Waals surface area contributed by atoms with Gasteiger partial charge in [0.15, 0.2) is 5.96 Å². The number of anilines is 1. The maximum absolute atomic E-state index is 5.85. The van der Waals surface area contributed by atoms with E-state index in [-0.39, 0.29) is 0 Å². The van der Waals surface area contributed by atoms with Crippen LogP contribution in [0.25, 0.3) is 0 Å². The average molecular weight is 379 g/mol. The molecule has 0 fully saturated rings. The molecule has 148 valence electrons. The molecule has 0 amide bonds. The fourth-order valence-electron chi connectivity index (χ4n) is 2.56. The number of aliphatic imine (C=N–C) groups is 1. The first-order chi connectivity index (χ1) is 13.8. The van der Waals surface area contributed by atoms with Crippen molar-refractivity contribution in [1.29, 1.82) is 0 Å². The summed E-state index contributed by atoms with van der Waals surface area (Å²) in [6.07, 6.45) is 4.54. The van der Waals surface area contributed by atoms with Gasteiger partial charge >= 0.3 is 0 Å². The molecule has 0 aliphatic carbocycles. The zero-order valence-corrected chi connectivity index (χ0v) is 16.4. The Labute approximate surface area is 168 Å². The quantitative estimate of drug-likeness (QED) is 0.268. The minimum Gasteiger partial charge on any atom is -0.489 e. The molecule has 2 aromatic rings. The first-order valence-electron chi connectivity index (χ1n) is 9.52. The van der Waals surface area contributed by atoms with Crippen LogP contribution in [0.2, 0.25) is 0 Å². The number of nitrogens with two attached hydrogens (primary N) is 1. The van der Waals surface area contributed by atoms with Gasteiger partial charge < -0.3 is 20.7 Å². The highest BCUT2D eigenvalue weighted by molar-refractivity contribution is 5.94. The summed E-state index contributed by atoms with van der Waals surface area (Å²) in [5.41, 5.74) is 7.68. The normalized spacial score (nSPS) is 11.0. The molecular formula is C23H30N4O. The Balaban J connectivity index is 2.02. The van der Waals surface area contributed by atoms with Crippen LogP contribution < -0.4 is 15.8 Å². The smallest absolute Gasteiger partial charge is 0.199 e. The van der Waals surface area contributed by atoms with Gasteiger partial charge in [-0.1, -0.05) is 42.5 Å². The molecule has 0 unspecified atom stereocenters. The molecular weight excluding hydrogens is 348 g/mol. The summed E-state index contributed by atoms with van der Waals surface area (Å²) in [6.45, 7) is 10.9. The first kappa shape index (κ1) is 21.3. The van der Waals surface area contributed by atoms with Crippen molar-refractivity contribution < 1.29 is 4.74 Å². The van der Waals surface area contributed by atoms with E-state index in [0.717, 1.165) is 29.4 Å². The third kappa shape index (κ3) is 7.29. The number of rotatable bonds is 11. The number of ether oxygens (including phenoxy) is 1. The Kier molecular flexibility index (Phi) is 9.38. The topological polar surface area (TPSA) is 62.9 Å². The fraction of sp³-hybridized carbons (Fsp3) is 0.261. The highest BCUT2D eigenvalue weighted by Gasteiger charge is 2.09. The molecule has 5 nitrogen and oxygen atoms in total. The number of hydrogen-bond donors (Lipinski definition) is 2. The second-order valence-corrected chi connectivity index (χ2v) is 6.25. The predicted molar refractivity (Wildman–Crippen MR) is 119 cm³/mol. The molecule has 0 aliphatic rings. The monoisotopic (exact) mass is 378 g/mol. The summed E-state index contributed by atoms with van der Waals surface area (Å²) in [6, 6.07) is 18.0. The third-order valence-electron chi connectivity index (χ3n) is 3.98. The largest absolute Gasteiger partial charge is 0.489 e. The Morgan fingerprint density at radius 3 is 2.32 bits per heavy atom. The molecule has 0 spiro atoms. The molecule has 0 saturated heterocycles. The van der Waals surface area contributed by atoms with Crippen molar-refractivity contribution >= 4 is 11.6 Å². The Morgan fingerprint density at radius 1 is 1.04 bits per heavy atom. The van der Waals surface area contributed by atoms with Crippen molar-refractivity contribution in [2.75, 3.05) is 31.5 Å². The van der Waals surface area contributed by atoms with Crippen LogP contribution in [0.3, 0.4) is 0 Å². The maximum atomic E-state index is 5.85. The number of benzene rings is 2. The SMILES string of the molecule is C=CCN(CC=C)C(=NCCCN)Nc1ccc(OCc2ccccc2)cc1. The van der Waals surface area contributed by atoms with E-state index < -0.39 is 0 Å². The van der Waals surface area contributed by atoms with E-state index in [2.05, 4.69) is 28.4 Å². The zero-order chi connectivity index (χ0) is 20.0. The first-order valence-corrected chi connectivity index (χ1v) is 9.52. The van der Waals surface area contributed by atoms with E-state index >= 15 is 0 Å². The molecule has 0 aliphatic heterocycles. The lowest BCUT2D eigenvalue weighted by atomic mass is 10.2. The van der Waals surface area contributed by atoms with Crippen molar-refractivity contribution in [2.24, 2.45) is 10.7 Å². The van der Waals surface area contributed by atoms with E-state index in [0.29, 0.717) is 32.8 Å². The molecule has 0 saturated carbocycles. The molecule has 2 aromatic carbocycles. The summed E-state index contributed by atoms with van der Waals surface area (Å²) in [5.74, 6) is 1.61. The van der Waals surface area contributed by atoms with Gasteiger partial charge in [-0.15, -0.1) is 13.2 Å². The van der Waals surface area contributed by atoms with Gasteiger partial charge in [-0.3, -0.25) is 4.99 Å². The van der Waals surface area contributed by atoms with Gasteiger partial charge in [-0.25, -0.2) is 0 Å². The highest BCUT2D eigenvalue weighted by Crippen LogP contribution is 2.17. The summed E-state index contributed by atoms with van der Waals surface area (Å²) in [7, 11) is 0. The van der Waals surface area contributed by atoms with Gasteiger partial charge in [0.1, 0.15) is 12.4 Å². The van der Waals surface area contributed by atoms with Gasteiger partial charge in [0.25, 0.3) is 0 Å². The van der Waals surface area contributed by atoms with Crippen LogP contribution in [-0.4, -0.2) is 37.0 Å². The van der Waals surface area contributed by atoms with E-state index in [4.69, 9.17) is 10.5 Å². The molecule has 2 rings (SSSR count). The lowest BCUT2D eigenvalue weighted by Crippen LogP contribution is -2.37. The van der Waals surface area contributed by atoms with Crippen molar-refractivity contribution in [2.45, 2.75) is 13.0 Å². The molecule has 28 heavy (non-hydrogen) atoms. The fourth-order valence-corrected chi connectivity index (χ4v) is 2.56. The van der Waals surface area contributed by atoms with Crippen molar-refractivity contribution in [3.05, 3.63) is 85.5 Å². The van der Waals surface area contributed by atoms with E-state index in [1.807, 2.05) is 66.7 Å². The van der Waals surface area contributed by atoms with Gasteiger partial charge in [-0.05, 0) is 42.8 Å². The zero-order valence-electron chi connectivity index (χ0n) is 16.4. The molecule has 0 heterocycles. The third-order valence-corrected chi connectivity index (χ3v) is 3.98. The Hall–Kier alpha value is -3.05. The van der Waals surface area contributed by atoms with Crippen LogP contribution in [0.4, 0.5) is 5.69 Å². The Morgan fingerprint density at radius 2 is 1.71 bits per heavy atom. The standard InChI is InChI=1S/C23H30N4O/c1-3-17-27(18-4-2)23(25-16-8-15-24)26-21-11-13-22(14-12-21)28-19-20-9-6-5-7-10-20/h3-7,9-14H,1-2,8,15-19,24H2,(H,25,26). The number of guanidine groups is 1. The lowest BCUT2D eigenvalue weighted by Gasteiger charge is -2.24. The molecule has 0 aromatic heterocycles. The van der Waals surface area contributed by atoms with Gasteiger partial charge in [-0.2, -0.15) is 0 Å². The highest BCUT2D eigenvalue weighted by atomic mass is 16.5. The van der Waals surface area contributed by atoms with Crippen molar-refractivity contribution in [3.63, 3.8) is 0 Å². The Bertz CT molecular complexity index is 731. The molecule has 3 N–H and O–H groups in total. The number of nitrogens with one attached hydrogen (secondary N) is 1. The lowest BCUT2D eigenvalue weighted by molar-refractivity contribution is 0.306. The van der Waals surface area contributed by atoms with Crippen LogP contribution in [0, 0.1) is 0 Å². The van der Waals surface area contributed by atoms with Crippen LogP contribution >= 0.6 is 0 Å². The molecule has 0 radical (unpaired) electrons. The minimum absolute atomic E-state index is 0.547. The van der Waals surface area contributed by atoms with Crippen molar-refractivity contribution in [3.8, 4) is 5.75 Å². The number of nitrogens with zero attached hydrogens (tertiary/aromatic N) is 2. The summed E-state index contributed by atoms with van der Waals surface area (Å²) in [5, 5.41) is 3.39. The summed E-state index contributed by atoms with van der Waals surface area (Å²) < 4.78 is 5.85. The minimum atomic E-state index is 0.547.